The molecule has 3 N–H and O–H groups in total. The molecule has 1 aromatic rings. The minimum absolute atomic E-state index is 0.0460. The number of hydrogen-bond acceptors (Lipinski definition) is 5. The van der Waals surface area contributed by atoms with Gasteiger partial charge in [0.1, 0.15) is 5.01 Å². The highest BCUT2D eigenvalue weighted by Crippen LogP contribution is 2.20. The second-order valence-corrected chi connectivity index (χ2v) is 5.61. The number of rotatable bonds is 3. The van der Waals surface area contributed by atoms with Crippen LogP contribution in [-0.4, -0.2) is 30.1 Å². The Morgan fingerprint density at radius 3 is 3.00 bits per heavy atom. The molecule has 3 unspecified atom stereocenters. The van der Waals surface area contributed by atoms with Gasteiger partial charge in [-0.25, -0.2) is 4.98 Å². The minimum atomic E-state index is -0.237. The van der Waals surface area contributed by atoms with Gasteiger partial charge >= 0.3 is 0 Å². The van der Waals surface area contributed by atoms with E-state index in [0.29, 0.717) is 13.2 Å². The van der Waals surface area contributed by atoms with Gasteiger partial charge in [-0.2, -0.15) is 0 Å². The van der Waals surface area contributed by atoms with Crippen LogP contribution in [0.3, 0.4) is 0 Å². The monoisotopic (exact) mass is 255 g/mol. The first-order chi connectivity index (χ1) is 8.08. The molecule has 0 bridgehead atoms. The van der Waals surface area contributed by atoms with Crippen LogP contribution in [-0.2, 0) is 9.53 Å². The Morgan fingerprint density at radius 1 is 1.71 bits per heavy atom. The molecule has 1 saturated heterocycles. The Bertz CT molecular complexity index is 407. The van der Waals surface area contributed by atoms with Crippen molar-refractivity contribution in [3.05, 3.63) is 16.1 Å². The predicted molar refractivity (Wildman–Crippen MR) is 65.7 cm³/mol. The number of hydrogen-bond donors (Lipinski definition) is 2. The summed E-state index contributed by atoms with van der Waals surface area (Å²) in [7, 11) is 0. The van der Waals surface area contributed by atoms with Gasteiger partial charge < -0.3 is 15.8 Å². The Hall–Kier alpha value is -0.980. The van der Waals surface area contributed by atoms with Gasteiger partial charge in [-0.1, -0.05) is 0 Å². The van der Waals surface area contributed by atoms with Gasteiger partial charge in [-0.05, 0) is 13.8 Å². The Kier molecular flexibility index (Phi) is 3.76. The summed E-state index contributed by atoms with van der Waals surface area (Å²) in [4.78, 5) is 17.3. The molecule has 5 nitrogen and oxygen atoms in total. The summed E-state index contributed by atoms with van der Waals surface area (Å²) >= 11 is 1.59. The number of carbonyl (C=O) groups excluding carboxylic acids is 1. The van der Waals surface area contributed by atoms with E-state index in [9.17, 15) is 4.79 Å². The van der Waals surface area contributed by atoms with Crippen molar-refractivity contribution in [3.8, 4) is 0 Å². The number of ether oxygens (including phenoxy) is 1. The predicted octanol–water partition coefficient (Wildman–Crippen LogP) is 0.602. The molecular formula is C11H17N3O2S. The van der Waals surface area contributed by atoms with Crippen molar-refractivity contribution in [1.29, 1.82) is 0 Å². The number of nitrogens with one attached hydrogen (secondary N) is 1. The van der Waals surface area contributed by atoms with Crippen LogP contribution in [0.4, 0.5) is 0 Å². The lowest BCUT2D eigenvalue weighted by molar-refractivity contribution is -0.125. The van der Waals surface area contributed by atoms with Crippen molar-refractivity contribution >= 4 is 17.2 Å². The lowest BCUT2D eigenvalue weighted by Crippen LogP contribution is -2.41. The summed E-state index contributed by atoms with van der Waals surface area (Å²) in [6.45, 7) is 4.80. The molecular weight excluding hydrogens is 238 g/mol. The van der Waals surface area contributed by atoms with Gasteiger partial charge in [0.2, 0.25) is 5.91 Å². The second kappa shape index (κ2) is 5.12. The number of nitrogens with two attached hydrogens (primary N) is 1. The second-order valence-electron chi connectivity index (χ2n) is 4.35. The first-order valence-electron chi connectivity index (χ1n) is 5.64. The third-order valence-corrected chi connectivity index (χ3v) is 3.93. The molecule has 0 aliphatic carbocycles. The molecule has 94 valence electrons. The van der Waals surface area contributed by atoms with Gasteiger partial charge in [-0.3, -0.25) is 4.79 Å². The summed E-state index contributed by atoms with van der Waals surface area (Å²) in [5.74, 6) is -0.283. The molecule has 0 aromatic carbocycles. The SMILES string of the molecule is Cc1cnc(C(C)NC(=O)C2COCC2N)s1. The molecule has 1 aliphatic heterocycles. The first kappa shape index (κ1) is 12.5. The third kappa shape index (κ3) is 2.83. The summed E-state index contributed by atoms with van der Waals surface area (Å²) < 4.78 is 5.18. The average Bonchev–Trinajstić information content (AvgIpc) is 2.86. The number of carbonyl (C=O) groups is 1. The summed E-state index contributed by atoms with van der Waals surface area (Å²) in [5.41, 5.74) is 5.80. The van der Waals surface area contributed by atoms with E-state index in [1.807, 2.05) is 20.0 Å². The lowest BCUT2D eigenvalue weighted by Gasteiger charge is -2.16. The quantitative estimate of drug-likeness (QED) is 0.829. The summed E-state index contributed by atoms with van der Waals surface area (Å²) in [5, 5.41) is 3.85. The maximum atomic E-state index is 12.0. The standard InChI is InChI=1S/C11H17N3O2S/c1-6-3-13-11(17-6)7(2)14-10(15)8-4-16-5-9(8)12/h3,7-9H,4-5,12H2,1-2H3,(H,14,15). The van der Waals surface area contributed by atoms with E-state index in [-0.39, 0.29) is 23.9 Å². The van der Waals surface area contributed by atoms with Crippen molar-refractivity contribution < 1.29 is 9.53 Å². The van der Waals surface area contributed by atoms with Gasteiger partial charge in [0.15, 0.2) is 0 Å². The maximum Gasteiger partial charge on any atom is 0.227 e. The lowest BCUT2D eigenvalue weighted by atomic mass is 10.0. The van der Waals surface area contributed by atoms with Crippen LogP contribution in [0.25, 0.3) is 0 Å². The number of aryl methyl sites for hydroxylation is 1. The van der Waals surface area contributed by atoms with E-state index in [1.165, 1.54) is 0 Å². The van der Waals surface area contributed by atoms with Crippen LogP contribution >= 0.6 is 11.3 Å². The molecule has 17 heavy (non-hydrogen) atoms. The number of thiazole rings is 1. The zero-order valence-corrected chi connectivity index (χ0v) is 10.8. The van der Waals surface area contributed by atoms with Gasteiger partial charge in [0.05, 0.1) is 25.2 Å². The zero-order valence-electron chi connectivity index (χ0n) is 9.97. The van der Waals surface area contributed by atoms with E-state index >= 15 is 0 Å². The summed E-state index contributed by atoms with van der Waals surface area (Å²) in [6.07, 6.45) is 1.81. The highest BCUT2D eigenvalue weighted by Gasteiger charge is 2.32. The average molecular weight is 255 g/mol. The smallest absolute Gasteiger partial charge is 0.227 e. The normalized spacial score (nSPS) is 25.8. The Labute approximate surface area is 104 Å². The van der Waals surface area contributed by atoms with Gasteiger partial charge in [-0.15, -0.1) is 11.3 Å². The number of nitrogens with zero attached hydrogens (tertiary/aromatic N) is 1. The third-order valence-electron chi connectivity index (χ3n) is 2.83. The van der Waals surface area contributed by atoms with Crippen LogP contribution in [0.1, 0.15) is 22.9 Å². The van der Waals surface area contributed by atoms with E-state index in [4.69, 9.17) is 10.5 Å². The fourth-order valence-corrected chi connectivity index (χ4v) is 2.57. The van der Waals surface area contributed by atoms with Crippen molar-refractivity contribution in [2.75, 3.05) is 13.2 Å². The van der Waals surface area contributed by atoms with Crippen LogP contribution in [0.2, 0.25) is 0 Å². The fraction of sp³-hybridized carbons (Fsp3) is 0.636. The van der Waals surface area contributed by atoms with Crippen LogP contribution in [0.5, 0.6) is 0 Å². The van der Waals surface area contributed by atoms with Crippen LogP contribution in [0, 0.1) is 12.8 Å². The first-order valence-corrected chi connectivity index (χ1v) is 6.45. The van der Waals surface area contributed by atoms with Crippen molar-refractivity contribution in [2.24, 2.45) is 11.7 Å². The number of amides is 1. The fourth-order valence-electron chi connectivity index (χ4n) is 1.80. The van der Waals surface area contributed by atoms with Gasteiger partial charge in [0.25, 0.3) is 0 Å². The van der Waals surface area contributed by atoms with Crippen molar-refractivity contribution in [3.63, 3.8) is 0 Å². The minimum Gasteiger partial charge on any atom is -0.379 e. The van der Waals surface area contributed by atoms with Crippen molar-refractivity contribution in [1.82, 2.24) is 10.3 Å². The zero-order chi connectivity index (χ0) is 12.4. The molecule has 0 saturated carbocycles. The topological polar surface area (TPSA) is 77.2 Å². The molecule has 0 spiro atoms. The maximum absolute atomic E-state index is 12.0. The molecule has 1 amide bonds. The summed E-state index contributed by atoms with van der Waals surface area (Å²) in [6, 6.07) is -0.269. The molecule has 2 heterocycles. The molecule has 0 radical (unpaired) electrons. The molecule has 1 fully saturated rings. The van der Waals surface area contributed by atoms with Crippen LogP contribution in [0.15, 0.2) is 6.20 Å². The van der Waals surface area contributed by atoms with Gasteiger partial charge in [0, 0.05) is 17.1 Å². The largest absolute Gasteiger partial charge is 0.379 e. The molecule has 3 atom stereocenters. The van der Waals surface area contributed by atoms with E-state index in [1.54, 1.807) is 11.3 Å². The van der Waals surface area contributed by atoms with Crippen molar-refractivity contribution in [2.45, 2.75) is 25.9 Å². The Morgan fingerprint density at radius 2 is 2.47 bits per heavy atom. The van der Waals surface area contributed by atoms with E-state index < -0.39 is 0 Å². The molecule has 6 heteroatoms. The van der Waals surface area contributed by atoms with E-state index in [2.05, 4.69) is 10.3 Å². The Balaban J connectivity index is 1.94. The van der Waals surface area contributed by atoms with Crippen LogP contribution < -0.4 is 11.1 Å². The molecule has 1 aliphatic rings. The number of aromatic nitrogens is 1. The molecule has 2 rings (SSSR count). The highest BCUT2D eigenvalue weighted by molar-refractivity contribution is 7.11. The molecule has 1 aromatic heterocycles. The highest BCUT2D eigenvalue weighted by atomic mass is 32.1. The van der Waals surface area contributed by atoms with E-state index in [0.717, 1.165) is 9.88 Å².